The second-order valence-corrected chi connectivity index (χ2v) is 14.8. The van der Waals surface area contributed by atoms with E-state index < -0.39 is 5.41 Å². The Bertz CT molecular complexity index is 2530. The minimum Gasteiger partial charge on any atom is -0.361 e. The highest BCUT2D eigenvalue weighted by molar-refractivity contribution is 7.97. The third kappa shape index (κ3) is 5.17. The number of fused-ring (bicyclic) bond motifs is 5. The van der Waals surface area contributed by atoms with Crippen LogP contribution in [0.25, 0.3) is 44.7 Å². The lowest BCUT2D eigenvalue weighted by molar-refractivity contribution is 0.484. The van der Waals surface area contributed by atoms with Gasteiger partial charge in [-0.3, -0.25) is 9.29 Å². The molecule has 0 fully saturated rings. The number of hydrogen-bond donors (Lipinski definition) is 1. The van der Waals surface area contributed by atoms with E-state index in [1.807, 2.05) is 12.4 Å². The van der Waals surface area contributed by atoms with Crippen molar-refractivity contribution in [3.63, 3.8) is 0 Å². The fourth-order valence-electron chi connectivity index (χ4n) is 8.32. The number of benzene rings is 6. The molecule has 2 aliphatic heterocycles. The highest BCUT2D eigenvalue weighted by atomic mass is 32.2. The van der Waals surface area contributed by atoms with E-state index in [4.69, 9.17) is 0 Å². The second-order valence-electron chi connectivity index (χ2n) is 13.8. The third-order valence-corrected chi connectivity index (χ3v) is 11.9. The van der Waals surface area contributed by atoms with Gasteiger partial charge in [0.1, 0.15) is 6.17 Å². The molecule has 7 aromatic rings. The summed E-state index contributed by atoms with van der Waals surface area (Å²) in [5, 5.41) is 3.58. The summed E-state index contributed by atoms with van der Waals surface area (Å²) in [6, 6.07) is 57.7. The van der Waals surface area contributed by atoms with Gasteiger partial charge in [-0.05, 0) is 115 Å². The predicted octanol–water partition coefficient (Wildman–Crippen LogP) is 11.6. The van der Waals surface area contributed by atoms with E-state index in [9.17, 15) is 0 Å². The maximum Gasteiger partial charge on any atom is 0.129 e. The SMILES string of the molecule is C=C1NC2C=CC(c3ccc(-c4ccc5c(c4)C(c4ccccc4)(c4ccccc4)c4cc(-c6ccncc6)ccc4-5)cc3)=CN2Sc2ccccc21. The van der Waals surface area contributed by atoms with Gasteiger partial charge in [0.25, 0.3) is 0 Å². The lowest BCUT2D eigenvalue weighted by atomic mass is 9.67. The van der Waals surface area contributed by atoms with Crippen LogP contribution in [0.1, 0.15) is 33.4 Å². The molecule has 0 saturated heterocycles. The summed E-state index contributed by atoms with van der Waals surface area (Å²) in [7, 11) is 0. The fraction of sp³-hybridized carbons (Fsp3) is 0.0408. The van der Waals surface area contributed by atoms with E-state index in [0.717, 1.165) is 16.8 Å². The zero-order valence-electron chi connectivity index (χ0n) is 29.0. The van der Waals surface area contributed by atoms with Crippen LogP contribution in [0.3, 0.4) is 0 Å². The molecule has 0 saturated carbocycles. The van der Waals surface area contributed by atoms with Crippen LogP contribution in [-0.2, 0) is 5.41 Å². The van der Waals surface area contributed by atoms with Crippen LogP contribution in [0.4, 0.5) is 0 Å². The quantitative estimate of drug-likeness (QED) is 0.181. The van der Waals surface area contributed by atoms with Crippen LogP contribution in [0.15, 0.2) is 200 Å². The number of hydrogen-bond acceptors (Lipinski definition) is 4. The van der Waals surface area contributed by atoms with Crippen molar-refractivity contribution in [2.75, 3.05) is 0 Å². The topological polar surface area (TPSA) is 28.2 Å². The summed E-state index contributed by atoms with van der Waals surface area (Å²) in [6.07, 6.45) is 10.5. The summed E-state index contributed by atoms with van der Waals surface area (Å²) in [5.74, 6) is 0. The summed E-state index contributed by atoms with van der Waals surface area (Å²) in [6.45, 7) is 4.31. The van der Waals surface area contributed by atoms with Crippen LogP contribution in [0, 0.1) is 0 Å². The minimum atomic E-state index is -0.497. The molecule has 3 heterocycles. The number of nitrogens with one attached hydrogen (secondary N) is 1. The molecule has 1 unspecified atom stereocenters. The van der Waals surface area contributed by atoms with Gasteiger partial charge in [0.05, 0.1) is 5.41 Å². The molecule has 1 N–H and O–H groups in total. The molecule has 252 valence electrons. The van der Waals surface area contributed by atoms with Gasteiger partial charge in [0.2, 0.25) is 0 Å². The Morgan fingerprint density at radius 3 is 1.75 bits per heavy atom. The van der Waals surface area contributed by atoms with Crippen LogP contribution in [0.2, 0.25) is 0 Å². The standard InChI is InChI=1S/C49H35N3S/c1-33-42-14-8-9-15-47(42)53-52-32-39(22-25-48(52)51-33)35-18-16-34(17-19-35)37-20-23-43-44-24-21-38(36-26-28-50-29-27-36)31-46(44)49(45(43)30-37,40-10-4-2-5-11-40)41-12-6-3-7-13-41/h2-32,48,51H,1H2. The molecule has 1 aromatic heterocycles. The average Bonchev–Trinajstić information content (AvgIpc) is 3.43. The van der Waals surface area contributed by atoms with Crippen LogP contribution in [-0.4, -0.2) is 15.5 Å². The molecule has 0 spiro atoms. The Morgan fingerprint density at radius 1 is 0.566 bits per heavy atom. The van der Waals surface area contributed by atoms with Gasteiger partial charge in [0.15, 0.2) is 0 Å². The van der Waals surface area contributed by atoms with Crippen molar-refractivity contribution in [1.29, 1.82) is 0 Å². The zero-order valence-corrected chi connectivity index (χ0v) is 29.8. The molecule has 3 nitrogen and oxygen atoms in total. The third-order valence-electron chi connectivity index (χ3n) is 10.9. The van der Waals surface area contributed by atoms with E-state index in [-0.39, 0.29) is 6.17 Å². The first-order valence-corrected chi connectivity index (χ1v) is 18.8. The number of pyridine rings is 1. The first-order chi connectivity index (χ1) is 26.2. The van der Waals surface area contributed by atoms with Gasteiger partial charge >= 0.3 is 0 Å². The van der Waals surface area contributed by atoms with Crippen molar-refractivity contribution in [1.82, 2.24) is 14.6 Å². The van der Waals surface area contributed by atoms with Gasteiger partial charge in [-0.2, -0.15) is 0 Å². The number of rotatable bonds is 5. The van der Waals surface area contributed by atoms with Gasteiger partial charge in [0, 0.05) is 34.7 Å². The van der Waals surface area contributed by atoms with Crippen molar-refractivity contribution in [3.05, 3.63) is 228 Å². The number of aromatic nitrogens is 1. The van der Waals surface area contributed by atoms with E-state index in [0.29, 0.717) is 0 Å². The molecule has 0 bridgehead atoms. The molecule has 6 aromatic carbocycles. The summed E-state index contributed by atoms with van der Waals surface area (Å²) in [4.78, 5) is 5.48. The molecule has 0 amide bonds. The second kappa shape index (κ2) is 12.7. The maximum absolute atomic E-state index is 4.31. The Morgan fingerprint density at radius 2 is 1.11 bits per heavy atom. The minimum absolute atomic E-state index is 0.0359. The Labute approximate surface area is 314 Å². The average molecular weight is 698 g/mol. The Hall–Kier alpha value is -6.36. The molecule has 53 heavy (non-hydrogen) atoms. The monoisotopic (exact) mass is 697 g/mol. The largest absolute Gasteiger partial charge is 0.361 e. The van der Waals surface area contributed by atoms with Gasteiger partial charge in [-0.15, -0.1) is 0 Å². The van der Waals surface area contributed by atoms with Crippen LogP contribution >= 0.6 is 11.9 Å². The van der Waals surface area contributed by atoms with Gasteiger partial charge < -0.3 is 5.32 Å². The van der Waals surface area contributed by atoms with Gasteiger partial charge in [-0.1, -0.05) is 140 Å². The summed E-state index contributed by atoms with van der Waals surface area (Å²) in [5.41, 5.74) is 16.3. The van der Waals surface area contributed by atoms with E-state index in [1.54, 1.807) is 11.9 Å². The molecular formula is C49H35N3S. The molecule has 1 atom stereocenters. The summed E-state index contributed by atoms with van der Waals surface area (Å²) < 4.78 is 2.28. The van der Waals surface area contributed by atoms with E-state index in [2.05, 4.69) is 197 Å². The highest BCUT2D eigenvalue weighted by Gasteiger charge is 2.46. The van der Waals surface area contributed by atoms with Crippen molar-refractivity contribution in [2.24, 2.45) is 0 Å². The van der Waals surface area contributed by atoms with Crippen molar-refractivity contribution >= 4 is 23.2 Å². The molecule has 0 radical (unpaired) electrons. The molecule has 4 heteroatoms. The normalized spacial score (nSPS) is 16.4. The zero-order chi connectivity index (χ0) is 35.4. The smallest absolute Gasteiger partial charge is 0.129 e. The van der Waals surface area contributed by atoms with Gasteiger partial charge in [-0.25, -0.2) is 0 Å². The van der Waals surface area contributed by atoms with E-state index in [1.165, 1.54) is 66.1 Å². The molecule has 3 aliphatic rings. The van der Waals surface area contributed by atoms with Crippen LogP contribution in [0.5, 0.6) is 0 Å². The first-order valence-electron chi connectivity index (χ1n) is 18.0. The number of nitrogens with zero attached hydrogens (tertiary/aromatic N) is 2. The fourth-order valence-corrected chi connectivity index (χ4v) is 9.38. The van der Waals surface area contributed by atoms with Crippen molar-refractivity contribution in [3.8, 4) is 33.4 Å². The molecular weight excluding hydrogens is 663 g/mol. The van der Waals surface area contributed by atoms with Crippen molar-refractivity contribution in [2.45, 2.75) is 16.5 Å². The van der Waals surface area contributed by atoms with Crippen molar-refractivity contribution < 1.29 is 0 Å². The Kier molecular flexibility index (Phi) is 7.52. The predicted molar refractivity (Wildman–Crippen MR) is 220 cm³/mol. The molecule has 10 rings (SSSR count). The number of allylic oxidation sites excluding steroid dienone is 2. The molecule has 1 aliphatic carbocycles. The maximum atomic E-state index is 4.31. The highest BCUT2D eigenvalue weighted by Crippen LogP contribution is 2.57. The lowest BCUT2D eigenvalue weighted by Gasteiger charge is -2.34. The van der Waals surface area contributed by atoms with Crippen LogP contribution < -0.4 is 5.32 Å². The lowest BCUT2D eigenvalue weighted by Crippen LogP contribution is -2.36. The first kappa shape index (κ1) is 31.4. The van der Waals surface area contributed by atoms with E-state index >= 15 is 0 Å². The Balaban J connectivity index is 1.07. The summed E-state index contributed by atoms with van der Waals surface area (Å²) >= 11 is 1.75.